The zero-order valence-corrected chi connectivity index (χ0v) is 9.67. The fraction of sp³-hybridized carbons (Fsp3) is 0.100. The molecule has 1 heterocycles. The molecular weight excluding hydrogens is 294 g/mol. The normalized spacial score (nSPS) is 10.5. The monoisotopic (exact) mass is 302 g/mol. The van der Waals surface area contributed by atoms with Crippen LogP contribution in [0.3, 0.4) is 0 Å². The summed E-state index contributed by atoms with van der Waals surface area (Å²) in [5.74, 6) is -0.226. The summed E-state index contributed by atoms with van der Waals surface area (Å²) in [6.45, 7) is 1.96. The predicted molar refractivity (Wildman–Crippen MR) is 61.4 cm³/mol. The highest BCUT2D eigenvalue weighted by molar-refractivity contribution is 14.1. The Bertz CT molecular complexity index is 448. The Labute approximate surface area is 94.7 Å². The van der Waals surface area contributed by atoms with Crippen LogP contribution in [-0.4, -0.2) is 10.2 Å². The number of hydrogen-bond acceptors (Lipinski definition) is 1. The number of benzene rings is 1. The first-order valence-corrected chi connectivity index (χ1v) is 5.23. The van der Waals surface area contributed by atoms with Gasteiger partial charge >= 0.3 is 0 Å². The first kappa shape index (κ1) is 9.64. The van der Waals surface area contributed by atoms with Crippen LogP contribution in [-0.2, 0) is 0 Å². The Balaban J connectivity index is 2.49. The number of rotatable bonds is 1. The lowest BCUT2D eigenvalue weighted by atomic mass is 10.1. The van der Waals surface area contributed by atoms with Crippen molar-refractivity contribution in [2.45, 2.75) is 6.92 Å². The zero-order chi connectivity index (χ0) is 10.1. The number of aromatic nitrogens is 2. The highest BCUT2D eigenvalue weighted by Gasteiger charge is 2.08. The molecule has 2 nitrogen and oxygen atoms in total. The molecule has 0 atom stereocenters. The molecule has 0 aliphatic carbocycles. The van der Waals surface area contributed by atoms with Crippen molar-refractivity contribution >= 4 is 22.6 Å². The van der Waals surface area contributed by atoms with Gasteiger partial charge in [0.2, 0.25) is 0 Å². The molecule has 0 amide bonds. The summed E-state index contributed by atoms with van der Waals surface area (Å²) in [6.07, 6.45) is 0. The van der Waals surface area contributed by atoms with E-state index in [1.54, 1.807) is 12.1 Å². The maximum atomic E-state index is 12.7. The van der Waals surface area contributed by atoms with Gasteiger partial charge in [-0.3, -0.25) is 5.10 Å². The van der Waals surface area contributed by atoms with E-state index in [1.165, 1.54) is 12.1 Å². The number of nitrogens with zero attached hydrogens (tertiary/aromatic N) is 1. The smallest absolute Gasteiger partial charge is 0.123 e. The third-order valence-corrected chi connectivity index (χ3v) is 3.31. The van der Waals surface area contributed by atoms with Crippen molar-refractivity contribution in [1.29, 1.82) is 0 Å². The summed E-state index contributed by atoms with van der Waals surface area (Å²) in [5, 5.41) is 7.06. The van der Waals surface area contributed by atoms with Crippen LogP contribution in [0, 0.1) is 16.3 Å². The van der Waals surface area contributed by atoms with E-state index in [9.17, 15) is 4.39 Å². The Kier molecular flexibility index (Phi) is 2.54. The molecule has 14 heavy (non-hydrogen) atoms. The number of aryl methyl sites for hydroxylation is 1. The minimum absolute atomic E-state index is 0.226. The Morgan fingerprint density at radius 2 is 1.93 bits per heavy atom. The molecule has 0 aliphatic rings. The predicted octanol–water partition coefficient (Wildman–Crippen LogP) is 3.13. The minimum atomic E-state index is -0.226. The van der Waals surface area contributed by atoms with Gasteiger partial charge in [0.1, 0.15) is 11.5 Å². The third-order valence-electron chi connectivity index (χ3n) is 1.99. The van der Waals surface area contributed by atoms with Crippen molar-refractivity contribution in [2.75, 3.05) is 0 Å². The van der Waals surface area contributed by atoms with Crippen LogP contribution < -0.4 is 0 Å². The van der Waals surface area contributed by atoms with Crippen molar-refractivity contribution < 1.29 is 4.39 Å². The second-order valence-corrected chi connectivity index (χ2v) is 4.10. The SMILES string of the molecule is Cc1[nH]nc(-c2ccc(F)cc2)c1I. The van der Waals surface area contributed by atoms with E-state index in [1.807, 2.05) is 6.92 Å². The zero-order valence-electron chi connectivity index (χ0n) is 7.51. The lowest BCUT2D eigenvalue weighted by molar-refractivity contribution is 0.628. The highest BCUT2D eigenvalue weighted by Crippen LogP contribution is 2.24. The van der Waals surface area contributed by atoms with Gasteiger partial charge in [0, 0.05) is 11.3 Å². The molecule has 0 radical (unpaired) electrons. The molecule has 0 saturated carbocycles. The van der Waals surface area contributed by atoms with E-state index in [0.29, 0.717) is 0 Å². The summed E-state index contributed by atoms with van der Waals surface area (Å²) in [7, 11) is 0. The maximum absolute atomic E-state index is 12.7. The molecule has 1 aromatic heterocycles. The maximum Gasteiger partial charge on any atom is 0.123 e. The quantitative estimate of drug-likeness (QED) is 0.806. The summed E-state index contributed by atoms with van der Waals surface area (Å²) >= 11 is 2.22. The van der Waals surface area contributed by atoms with Gasteiger partial charge in [0.25, 0.3) is 0 Å². The van der Waals surface area contributed by atoms with E-state index in [4.69, 9.17) is 0 Å². The molecule has 0 unspecified atom stereocenters. The molecule has 4 heteroatoms. The van der Waals surface area contributed by atoms with Crippen molar-refractivity contribution in [1.82, 2.24) is 10.2 Å². The largest absolute Gasteiger partial charge is 0.281 e. The van der Waals surface area contributed by atoms with Gasteiger partial charge in [0.15, 0.2) is 0 Å². The van der Waals surface area contributed by atoms with Crippen LogP contribution in [0.4, 0.5) is 4.39 Å². The van der Waals surface area contributed by atoms with Crippen molar-refractivity contribution in [2.24, 2.45) is 0 Å². The summed E-state index contributed by atoms with van der Waals surface area (Å²) in [4.78, 5) is 0. The Hall–Kier alpha value is -0.910. The van der Waals surface area contributed by atoms with Crippen molar-refractivity contribution in [3.8, 4) is 11.3 Å². The fourth-order valence-electron chi connectivity index (χ4n) is 1.21. The van der Waals surface area contributed by atoms with Crippen LogP contribution in [0.25, 0.3) is 11.3 Å². The molecule has 1 aromatic carbocycles. The van der Waals surface area contributed by atoms with Crippen molar-refractivity contribution in [3.05, 3.63) is 39.3 Å². The van der Waals surface area contributed by atoms with E-state index in [2.05, 4.69) is 32.8 Å². The molecular formula is C10H8FIN2. The second kappa shape index (κ2) is 3.68. The van der Waals surface area contributed by atoms with Gasteiger partial charge in [-0.1, -0.05) is 0 Å². The van der Waals surface area contributed by atoms with Gasteiger partial charge in [-0.2, -0.15) is 5.10 Å². The van der Waals surface area contributed by atoms with E-state index < -0.39 is 0 Å². The minimum Gasteiger partial charge on any atom is -0.281 e. The van der Waals surface area contributed by atoms with Gasteiger partial charge < -0.3 is 0 Å². The molecule has 2 aromatic rings. The molecule has 1 N–H and O–H groups in total. The number of halogens is 2. The number of hydrogen-bond donors (Lipinski definition) is 1. The van der Waals surface area contributed by atoms with E-state index >= 15 is 0 Å². The fourth-order valence-corrected chi connectivity index (χ4v) is 1.77. The lowest BCUT2D eigenvalue weighted by Crippen LogP contribution is -1.81. The molecule has 0 aliphatic heterocycles. The molecule has 0 saturated heterocycles. The Morgan fingerprint density at radius 1 is 1.29 bits per heavy atom. The summed E-state index contributed by atoms with van der Waals surface area (Å²) < 4.78 is 13.8. The molecule has 0 fully saturated rings. The third kappa shape index (κ3) is 1.66. The van der Waals surface area contributed by atoms with Gasteiger partial charge in [0.05, 0.1) is 3.57 Å². The van der Waals surface area contributed by atoms with Crippen LogP contribution in [0.1, 0.15) is 5.69 Å². The van der Waals surface area contributed by atoms with Crippen LogP contribution in [0.5, 0.6) is 0 Å². The lowest BCUT2D eigenvalue weighted by Gasteiger charge is -1.96. The highest BCUT2D eigenvalue weighted by atomic mass is 127. The topological polar surface area (TPSA) is 28.7 Å². The van der Waals surface area contributed by atoms with Crippen LogP contribution in [0.15, 0.2) is 24.3 Å². The summed E-state index contributed by atoms with van der Waals surface area (Å²) in [6, 6.07) is 6.34. The van der Waals surface area contributed by atoms with Crippen LogP contribution in [0.2, 0.25) is 0 Å². The number of aromatic amines is 1. The number of nitrogens with one attached hydrogen (secondary N) is 1. The van der Waals surface area contributed by atoms with Gasteiger partial charge in [-0.25, -0.2) is 4.39 Å². The molecule has 0 bridgehead atoms. The first-order chi connectivity index (χ1) is 6.68. The van der Waals surface area contributed by atoms with Crippen LogP contribution >= 0.6 is 22.6 Å². The number of H-pyrrole nitrogens is 1. The standard InChI is InChI=1S/C10H8FIN2/c1-6-9(12)10(14-13-6)7-2-4-8(11)5-3-7/h2-5H,1H3,(H,13,14). The summed E-state index contributed by atoms with van der Waals surface area (Å²) in [5.41, 5.74) is 2.84. The first-order valence-electron chi connectivity index (χ1n) is 4.15. The average Bonchev–Trinajstić information content (AvgIpc) is 2.50. The molecule has 2 rings (SSSR count). The van der Waals surface area contributed by atoms with E-state index in [-0.39, 0.29) is 5.82 Å². The van der Waals surface area contributed by atoms with Crippen molar-refractivity contribution in [3.63, 3.8) is 0 Å². The second-order valence-electron chi connectivity index (χ2n) is 3.02. The average molecular weight is 302 g/mol. The van der Waals surface area contributed by atoms with Gasteiger partial charge in [-0.05, 0) is 53.8 Å². The van der Waals surface area contributed by atoms with Gasteiger partial charge in [-0.15, -0.1) is 0 Å². The Morgan fingerprint density at radius 3 is 2.43 bits per heavy atom. The molecule has 72 valence electrons. The molecule has 0 spiro atoms. The van der Waals surface area contributed by atoms with E-state index in [0.717, 1.165) is 20.5 Å².